The van der Waals surface area contributed by atoms with E-state index in [0.29, 0.717) is 6.04 Å². The van der Waals surface area contributed by atoms with E-state index in [4.69, 9.17) is 4.74 Å². The van der Waals surface area contributed by atoms with Gasteiger partial charge in [-0.2, -0.15) is 0 Å². The van der Waals surface area contributed by atoms with Crippen LogP contribution in [0.15, 0.2) is 23.4 Å². The van der Waals surface area contributed by atoms with Gasteiger partial charge in [0.2, 0.25) is 5.16 Å². The zero-order valence-electron chi connectivity index (χ0n) is 12.1. The second-order valence-corrected chi connectivity index (χ2v) is 6.91. The first-order chi connectivity index (χ1) is 10.8. The van der Waals surface area contributed by atoms with Crippen LogP contribution in [0.3, 0.4) is 0 Å². The van der Waals surface area contributed by atoms with Crippen LogP contribution in [-0.2, 0) is 11.2 Å². The Labute approximate surface area is 132 Å². The molecular weight excluding hydrogens is 303 g/mol. The molecule has 1 saturated heterocycles. The molecule has 22 heavy (non-hydrogen) atoms. The van der Waals surface area contributed by atoms with Crippen molar-refractivity contribution in [1.29, 1.82) is 0 Å². The maximum Gasteiger partial charge on any atom is 0.210 e. The van der Waals surface area contributed by atoms with Crippen molar-refractivity contribution < 1.29 is 9.13 Å². The highest BCUT2D eigenvalue weighted by Crippen LogP contribution is 2.44. The van der Waals surface area contributed by atoms with Crippen molar-refractivity contribution in [2.24, 2.45) is 0 Å². The van der Waals surface area contributed by atoms with E-state index >= 15 is 0 Å². The lowest BCUT2D eigenvalue weighted by Crippen LogP contribution is -2.21. The summed E-state index contributed by atoms with van der Waals surface area (Å²) in [6.07, 6.45) is 3.87. The molecule has 0 unspecified atom stereocenters. The molecule has 1 aliphatic carbocycles. The van der Waals surface area contributed by atoms with E-state index in [9.17, 15) is 4.39 Å². The molecule has 0 radical (unpaired) electrons. The number of hydrogen-bond donors (Lipinski definition) is 0. The third kappa shape index (κ3) is 2.63. The van der Waals surface area contributed by atoms with Gasteiger partial charge in [0, 0.05) is 18.5 Å². The van der Waals surface area contributed by atoms with Crippen LogP contribution in [0.1, 0.15) is 41.7 Å². The number of halogens is 1. The normalized spacial score (nSPS) is 22.0. The molecule has 2 aromatic rings. The first-order valence-electron chi connectivity index (χ1n) is 7.62. The summed E-state index contributed by atoms with van der Waals surface area (Å²) in [4.78, 5) is 0. The summed E-state index contributed by atoms with van der Waals surface area (Å²) < 4.78 is 20.8. The van der Waals surface area contributed by atoms with Gasteiger partial charge in [-0.1, -0.05) is 17.8 Å². The first kappa shape index (κ1) is 14.1. The third-order valence-electron chi connectivity index (χ3n) is 4.38. The first-order valence-corrected chi connectivity index (χ1v) is 8.50. The molecule has 2 heterocycles. The van der Waals surface area contributed by atoms with Crippen LogP contribution in [0.4, 0.5) is 4.39 Å². The number of nitrogens with zero attached hydrogens (tertiary/aromatic N) is 4. The zero-order valence-corrected chi connectivity index (χ0v) is 12.9. The molecule has 1 aromatic heterocycles. The van der Waals surface area contributed by atoms with Crippen LogP contribution in [0.25, 0.3) is 0 Å². The fourth-order valence-electron chi connectivity index (χ4n) is 3.21. The monoisotopic (exact) mass is 320 g/mol. The number of aryl methyl sites for hydroxylation is 1. The Bertz CT molecular complexity index is 671. The predicted octanol–water partition coefficient (Wildman–Crippen LogP) is 2.94. The predicted molar refractivity (Wildman–Crippen MR) is 80.2 cm³/mol. The SMILES string of the molecule is Fc1ccc2c(c1)[C@@H](Sc1nnnn1C1CCOCC1)CC2. The Hall–Kier alpha value is -1.47. The van der Waals surface area contributed by atoms with Gasteiger partial charge in [0.15, 0.2) is 0 Å². The molecule has 1 fully saturated rings. The highest BCUT2D eigenvalue weighted by Gasteiger charge is 2.28. The van der Waals surface area contributed by atoms with Gasteiger partial charge in [-0.25, -0.2) is 9.07 Å². The molecule has 1 atom stereocenters. The Kier molecular flexibility index (Phi) is 3.83. The molecule has 116 valence electrons. The average Bonchev–Trinajstić information content (AvgIpc) is 3.16. The standard InChI is InChI=1S/C15H17FN4OS/c16-11-3-1-10-2-4-14(13(10)9-11)22-15-17-18-19-20(15)12-5-7-21-8-6-12/h1,3,9,12,14H,2,4-8H2/t14-/m0/s1. The number of aromatic nitrogens is 4. The number of ether oxygens (including phenoxy) is 1. The second-order valence-electron chi connectivity index (χ2n) is 5.74. The molecule has 0 amide bonds. The summed E-state index contributed by atoms with van der Waals surface area (Å²) in [5.41, 5.74) is 2.33. The second kappa shape index (κ2) is 5.96. The maximum atomic E-state index is 13.5. The minimum Gasteiger partial charge on any atom is -0.381 e. The lowest BCUT2D eigenvalue weighted by Gasteiger charge is -2.23. The number of benzene rings is 1. The highest BCUT2D eigenvalue weighted by atomic mass is 32.2. The van der Waals surface area contributed by atoms with Gasteiger partial charge in [-0.3, -0.25) is 0 Å². The quantitative estimate of drug-likeness (QED) is 0.870. The minimum absolute atomic E-state index is 0.171. The smallest absolute Gasteiger partial charge is 0.210 e. The van der Waals surface area contributed by atoms with Gasteiger partial charge < -0.3 is 4.74 Å². The topological polar surface area (TPSA) is 52.8 Å². The maximum absolute atomic E-state index is 13.5. The molecule has 0 N–H and O–H groups in total. The fraction of sp³-hybridized carbons (Fsp3) is 0.533. The fourth-order valence-corrected chi connectivity index (χ4v) is 4.42. The Morgan fingerprint density at radius 3 is 2.95 bits per heavy atom. The van der Waals surface area contributed by atoms with E-state index in [1.807, 2.05) is 10.7 Å². The summed E-state index contributed by atoms with van der Waals surface area (Å²) in [6.45, 7) is 1.51. The zero-order chi connectivity index (χ0) is 14.9. The molecule has 0 spiro atoms. The molecule has 5 nitrogen and oxygen atoms in total. The number of rotatable bonds is 3. The van der Waals surface area contributed by atoms with Gasteiger partial charge in [-0.15, -0.1) is 5.10 Å². The van der Waals surface area contributed by atoms with E-state index in [0.717, 1.165) is 49.6 Å². The summed E-state index contributed by atoms with van der Waals surface area (Å²) in [6, 6.07) is 5.40. The summed E-state index contributed by atoms with van der Waals surface area (Å²) >= 11 is 1.65. The lowest BCUT2D eigenvalue weighted by molar-refractivity contribution is 0.0631. The third-order valence-corrected chi connectivity index (χ3v) is 5.63. The average molecular weight is 320 g/mol. The van der Waals surface area contributed by atoms with Crippen molar-refractivity contribution in [2.75, 3.05) is 13.2 Å². The van der Waals surface area contributed by atoms with Crippen molar-refractivity contribution in [1.82, 2.24) is 20.2 Å². The Morgan fingerprint density at radius 2 is 2.09 bits per heavy atom. The van der Waals surface area contributed by atoms with Gasteiger partial charge in [-0.05, 0) is 59.4 Å². The summed E-state index contributed by atoms with van der Waals surface area (Å²) in [5, 5.41) is 13.2. The van der Waals surface area contributed by atoms with Crippen molar-refractivity contribution in [3.05, 3.63) is 35.1 Å². The van der Waals surface area contributed by atoms with Gasteiger partial charge >= 0.3 is 0 Å². The number of hydrogen-bond acceptors (Lipinski definition) is 5. The van der Waals surface area contributed by atoms with Crippen molar-refractivity contribution in [2.45, 2.75) is 42.1 Å². The van der Waals surface area contributed by atoms with Crippen LogP contribution < -0.4 is 0 Å². The van der Waals surface area contributed by atoms with Crippen molar-refractivity contribution in [3.8, 4) is 0 Å². The molecular formula is C15H17FN4OS. The minimum atomic E-state index is -0.171. The molecule has 2 aliphatic rings. The van der Waals surface area contributed by atoms with Crippen LogP contribution in [0.5, 0.6) is 0 Å². The molecule has 1 aliphatic heterocycles. The van der Waals surface area contributed by atoms with Crippen LogP contribution >= 0.6 is 11.8 Å². The van der Waals surface area contributed by atoms with Crippen molar-refractivity contribution >= 4 is 11.8 Å². The van der Waals surface area contributed by atoms with Crippen LogP contribution in [0.2, 0.25) is 0 Å². The summed E-state index contributed by atoms with van der Waals surface area (Å²) in [7, 11) is 0. The van der Waals surface area contributed by atoms with Gasteiger partial charge in [0.05, 0.1) is 6.04 Å². The van der Waals surface area contributed by atoms with Gasteiger partial charge in [0.25, 0.3) is 0 Å². The van der Waals surface area contributed by atoms with Gasteiger partial charge in [0.1, 0.15) is 5.82 Å². The lowest BCUT2D eigenvalue weighted by atomic mass is 10.1. The molecule has 0 bridgehead atoms. The Balaban J connectivity index is 1.56. The number of tetrazole rings is 1. The largest absolute Gasteiger partial charge is 0.381 e. The van der Waals surface area contributed by atoms with E-state index < -0.39 is 0 Å². The van der Waals surface area contributed by atoms with Crippen LogP contribution in [-0.4, -0.2) is 33.4 Å². The Morgan fingerprint density at radius 1 is 1.23 bits per heavy atom. The highest BCUT2D eigenvalue weighted by molar-refractivity contribution is 7.99. The molecule has 0 saturated carbocycles. The summed E-state index contributed by atoms with van der Waals surface area (Å²) in [5.74, 6) is -0.171. The molecule has 4 rings (SSSR count). The van der Waals surface area contributed by atoms with Crippen LogP contribution in [0, 0.1) is 5.82 Å². The van der Waals surface area contributed by atoms with E-state index in [-0.39, 0.29) is 11.1 Å². The van der Waals surface area contributed by atoms with E-state index in [1.54, 1.807) is 17.8 Å². The van der Waals surface area contributed by atoms with E-state index in [2.05, 4.69) is 15.5 Å². The van der Waals surface area contributed by atoms with E-state index in [1.165, 1.54) is 11.6 Å². The van der Waals surface area contributed by atoms with Crippen molar-refractivity contribution in [3.63, 3.8) is 0 Å². The molecule has 1 aromatic carbocycles. The number of thioether (sulfide) groups is 1. The molecule has 7 heteroatoms. The number of fused-ring (bicyclic) bond motifs is 1.